The topological polar surface area (TPSA) is 113 Å². The van der Waals surface area contributed by atoms with Gasteiger partial charge in [-0.05, 0) is 51.5 Å². The van der Waals surface area contributed by atoms with E-state index in [-0.39, 0.29) is 22.2 Å². The van der Waals surface area contributed by atoms with Crippen molar-refractivity contribution in [2.45, 2.75) is 39.7 Å². The molecule has 1 aliphatic rings. The second-order valence-electron chi connectivity index (χ2n) is 7.06. The number of Topliss-reactive ketones (excluding diaryl/α,β-unsaturated/α-hetero) is 1. The van der Waals surface area contributed by atoms with Gasteiger partial charge < -0.3 is 10.4 Å². The number of carboxylic acids is 1. The quantitative estimate of drug-likeness (QED) is 0.575. The molecule has 1 aromatic carbocycles. The van der Waals surface area contributed by atoms with Crippen molar-refractivity contribution in [3.8, 4) is 0 Å². The number of carboxylic acid groups (broad SMARTS) is 1. The van der Waals surface area contributed by atoms with E-state index < -0.39 is 33.4 Å². The highest BCUT2D eigenvalue weighted by atomic mass is 35.5. The van der Waals surface area contributed by atoms with Gasteiger partial charge in [-0.1, -0.05) is 23.2 Å². The number of carbonyl (C=O) groups is 2. The molecule has 1 unspecified atom stereocenters. The molecule has 1 heterocycles. The third-order valence-corrected chi connectivity index (χ3v) is 6.35. The Morgan fingerprint density at radius 1 is 1.17 bits per heavy atom. The summed E-state index contributed by atoms with van der Waals surface area (Å²) >= 11 is 12.4. The molecule has 10 heteroatoms. The molecule has 0 bridgehead atoms. The van der Waals surface area contributed by atoms with Crippen LogP contribution in [0.5, 0.6) is 0 Å². The molecule has 0 aliphatic carbocycles. The predicted octanol–water partition coefficient (Wildman–Crippen LogP) is 3.21. The van der Waals surface area contributed by atoms with Crippen LogP contribution in [0.15, 0.2) is 40.7 Å². The number of aliphatic carboxylic acids is 1. The summed E-state index contributed by atoms with van der Waals surface area (Å²) in [5.74, 6) is -3.87. The Morgan fingerprint density at radius 2 is 1.76 bits per heavy atom. The number of halogens is 2. The molecule has 29 heavy (non-hydrogen) atoms. The van der Waals surface area contributed by atoms with Crippen molar-refractivity contribution in [2.75, 3.05) is 5.75 Å². The fraction of sp³-hybridized carbons (Fsp3) is 0.368. The maximum Gasteiger partial charge on any atom is 0.334 e. The summed E-state index contributed by atoms with van der Waals surface area (Å²) in [7, 11) is -3.91. The highest BCUT2D eigenvalue weighted by molar-refractivity contribution is 7.90. The van der Waals surface area contributed by atoms with E-state index in [1.54, 1.807) is 33.8 Å². The molecule has 3 N–H and O–H groups in total. The number of sulfonamides is 1. The van der Waals surface area contributed by atoms with Crippen LogP contribution in [0, 0.1) is 0 Å². The largest absolute Gasteiger partial charge is 0.478 e. The fourth-order valence-electron chi connectivity index (χ4n) is 3.35. The zero-order valence-corrected chi connectivity index (χ0v) is 18.7. The maximum absolute atomic E-state index is 13.1. The first-order chi connectivity index (χ1) is 13.3. The smallest absolute Gasteiger partial charge is 0.334 e. The van der Waals surface area contributed by atoms with Gasteiger partial charge in [0.15, 0.2) is 5.78 Å². The zero-order valence-electron chi connectivity index (χ0n) is 16.3. The van der Waals surface area contributed by atoms with Crippen LogP contribution in [0.4, 0.5) is 0 Å². The van der Waals surface area contributed by atoms with Gasteiger partial charge in [0.25, 0.3) is 0 Å². The number of carbonyl (C=O) groups excluding carboxylic acids is 1. The highest BCUT2D eigenvalue weighted by Gasteiger charge is 2.38. The normalized spacial score (nSPS) is 17.6. The number of benzene rings is 1. The van der Waals surface area contributed by atoms with Gasteiger partial charge in [-0.2, -0.15) is 0 Å². The van der Waals surface area contributed by atoms with E-state index in [4.69, 9.17) is 23.2 Å². The third-order valence-electron chi connectivity index (χ3n) is 4.30. The van der Waals surface area contributed by atoms with E-state index in [2.05, 4.69) is 10.0 Å². The van der Waals surface area contributed by atoms with E-state index in [1.165, 1.54) is 12.1 Å². The molecule has 0 radical (unpaired) electrons. The van der Waals surface area contributed by atoms with Crippen molar-refractivity contribution < 1.29 is 23.1 Å². The molecular weight excluding hydrogens is 439 g/mol. The first kappa shape index (κ1) is 23.4. The Labute approximate surface area is 179 Å². The van der Waals surface area contributed by atoms with Crippen LogP contribution >= 0.6 is 23.2 Å². The molecule has 0 fully saturated rings. The van der Waals surface area contributed by atoms with Gasteiger partial charge in [-0.3, -0.25) is 4.79 Å². The van der Waals surface area contributed by atoms with E-state index in [1.807, 2.05) is 0 Å². The molecule has 158 valence electrons. The Balaban J connectivity index is 2.64. The predicted molar refractivity (Wildman–Crippen MR) is 112 cm³/mol. The molecule has 2 rings (SSSR count). The molecule has 1 aliphatic heterocycles. The van der Waals surface area contributed by atoms with Gasteiger partial charge in [0.2, 0.25) is 10.0 Å². The number of allylic oxidation sites excluding steroid dienone is 3. The monoisotopic (exact) mass is 460 g/mol. The standard InChI is InChI=1S/C19H22Cl2N2O5S/c1-9(2)23-29(27,28)8-15(24)16-10(3)22-11(4)17(19(25)26)18(16)13-7-12(20)5-6-14(13)21/h5-7,9,18,22-23H,8H2,1-4H3,(H,25,26). The molecule has 1 atom stereocenters. The summed E-state index contributed by atoms with van der Waals surface area (Å²) in [5, 5.41) is 13.2. The minimum atomic E-state index is -3.91. The second-order valence-corrected chi connectivity index (χ2v) is 9.66. The number of hydrogen-bond acceptors (Lipinski definition) is 5. The number of hydrogen-bond donors (Lipinski definition) is 3. The summed E-state index contributed by atoms with van der Waals surface area (Å²) in [6.45, 7) is 6.43. The molecular formula is C19H22Cl2N2O5S. The van der Waals surface area contributed by atoms with Crippen molar-refractivity contribution in [3.05, 3.63) is 56.3 Å². The number of ketones is 1. The molecule has 0 saturated heterocycles. The SMILES string of the molecule is CC1=C(C(=O)O)C(c2cc(Cl)ccc2Cl)C(C(=O)CS(=O)(=O)NC(C)C)=C(C)N1. The molecule has 0 amide bonds. The lowest BCUT2D eigenvalue weighted by molar-refractivity contribution is -0.133. The van der Waals surface area contributed by atoms with Gasteiger partial charge in [0, 0.05) is 39.0 Å². The van der Waals surface area contributed by atoms with Gasteiger partial charge in [-0.15, -0.1) is 0 Å². The number of nitrogens with one attached hydrogen (secondary N) is 2. The minimum Gasteiger partial charge on any atom is -0.478 e. The lowest BCUT2D eigenvalue weighted by atomic mass is 9.79. The van der Waals surface area contributed by atoms with Crippen LogP contribution in [-0.2, 0) is 19.6 Å². The summed E-state index contributed by atoms with van der Waals surface area (Å²) in [6.07, 6.45) is 0. The highest BCUT2D eigenvalue weighted by Crippen LogP contribution is 2.42. The van der Waals surface area contributed by atoms with Crippen LogP contribution < -0.4 is 10.0 Å². The lowest BCUT2D eigenvalue weighted by Gasteiger charge is -2.30. The number of rotatable bonds is 7. The van der Waals surface area contributed by atoms with Crippen LogP contribution in [0.25, 0.3) is 0 Å². The lowest BCUT2D eigenvalue weighted by Crippen LogP contribution is -2.38. The molecule has 7 nitrogen and oxygen atoms in total. The van der Waals surface area contributed by atoms with Crippen LogP contribution in [0.1, 0.15) is 39.2 Å². The summed E-state index contributed by atoms with van der Waals surface area (Å²) < 4.78 is 26.9. The van der Waals surface area contributed by atoms with Crippen molar-refractivity contribution in [2.24, 2.45) is 0 Å². The minimum absolute atomic E-state index is 0.0197. The second kappa shape index (κ2) is 8.87. The zero-order chi connectivity index (χ0) is 22.1. The number of dihydropyridines is 1. The first-order valence-corrected chi connectivity index (χ1v) is 11.1. The van der Waals surface area contributed by atoms with Crippen molar-refractivity contribution in [1.82, 2.24) is 10.0 Å². The van der Waals surface area contributed by atoms with Crippen LogP contribution in [0.2, 0.25) is 10.0 Å². The van der Waals surface area contributed by atoms with Crippen molar-refractivity contribution in [3.63, 3.8) is 0 Å². The van der Waals surface area contributed by atoms with Crippen molar-refractivity contribution >= 4 is 45.0 Å². The Kier molecular flexibility index (Phi) is 7.16. The van der Waals surface area contributed by atoms with Crippen molar-refractivity contribution in [1.29, 1.82) is 0 Å². The average Bonchev–Trinajstić information content (AvgIpc) is 2.53. The van der Waals surface area contributed by atoms with E-state index in [0.29, 0.717) is 22.0 Å². The Hall–Kier alpha value is -1.87. The molecule has 1 aromatic rings. The average molecular weight is 461 g/mol. The summed E-state index contributed by atoms with van der Waals surface area (Å²) in [5.41, 5.74) is 0.923. The summed E-state index contributed by atoms with van der Waals surface area (Å²) in [4.78, 5) is 25.1. The van der Waals surface area contributed by atoms with Crippen LogP contribution in [0.3, 0.4) is 0 Å². The summed E-state index contributed by atoms with van der Waals surface area (Å²) in [6, 6.07) is 4.14. The molecule has 0 saturated carbocycles. The third kappa shape index (κ3) is 5.39. The van der Waals surface area contributed by atoms with Gasteiger partial charge >= 0.3 is 5.97 Å². The molecule has 0 spiro atoms. The Morgan fingerprint density at radius 3 is 2.31 bits per heavy atom. The molecule has 0 aromatic heterocycles. The van der Waals surface area contributed by atoms with Gasteiger partial charge in [-0.25, -0.2) is 17.9 Å². The van der Waals surface area contributed by atoms with Crippen LogP contribution in [-0.4, -0.2) is 37.1 Å². The maximum atomic E-state index is 13.1. The fourth-order valence-corrected chi connectivity index (χ4v) is 5.05. The Bertz CT molecular complexity index is 1030. The van der Waals surface area contributed by atoms with E-state index in [9.17, 15) is 23.1 Å². The van der Waals surface area contributed by atoms with Gasteiger partial charge in [0.1, 0.15) is 5.75 Å². The first-order valence-electron chi connectivity index (χ1n) is 8.74. The van der Waals surface area contributed by atoms with E-state index >= 15 is 0 Å². The van der Waals surface area contributed by atoms with Gasteiger partial charge in [0.05, 0.1) is 5.57 Å². The van der Waals surface area contributed by atoms with E-state index in [0.717, 1.165) is 0 Å².